The van der Waals surface area contributed by atoms with Gasteiger partial charge in [-0.2, -0.15) is 5.10 Å². The van der Waals surface area contributed by atoms with E-state index in [1.165, 1.54) is 30.3 Å². The Bertz CT molecular complexity index is 1190. The highest BCUT2D eigenvalue weighted by Gasteiger charge is 2.21. The van der Waals surface area contributed by atoms with Gasteiger partial charge in [-0.05, 0) is 52.8 Å². The zero-order chi connectivity index (χ0) is 19.7. The monoisotopic (exact) mass is 443 g/mol. The minimum atomic E-state index is -0.378. The Morgan fingerprint density at radius 1 is 1.11 bits per heavy atom. The van der Waals surface area contributed by atoms with E-state index in [0.717, 1.165) is 0 Å². The molecular formula is C17H11BrFN7O2. The van der Waals surface area contributed by atoms with E-state index in [1.807, 2.05) is 0 Å². The van der Waals surface area contributed by atoms with Crippen LogP contribution < -0.4 is 11.2 Å². The Balaban J connectivity index is 1.88. The zero-order valence-electron chi connectivity index (χ0n) is 14.0. The van der Waals surface area contributed by atoms with Crippen molar-refractivity contribution in [2.24, 2.45) is 10.9 Å². The van der Waals surface area contributed by atoms with Gasteiger partial charge in [0.25, 0.3) is 0 Å². The van der Waals surface area contributed by atoms with Crippen LogP contribution in [-0.2, 0) is 0 Å². The number of nitrogens with two attached hydrogens (primary N) is 1. The predicted molar refractivity (Wildman–Crippen MR) is 103 cm³/mol. The van der Waals surface area contributed by atoms with Crippen molar-refractivity contribution >= 4 is 44.4 Å². The molecule has 0 fully saturated rings. The van der Waals surface area contributed by atoms with Gasteiger partial charge in [0.15, 0.2) is 5.82 Å². The van der Waals surface area contributed by atoms with E-state index in [1.54, 1.807) is 12.1 Å². The van der Waals surface area contributed by atoms with Crippen LogP contribution in [0.15, 0.2) is 56.7 Å². The summed E-state index contributed by atoms with van der Waals surface area (Å²) in [6.07, 6.45) is 0. The fourth-order valence-electron chi connectivity index (χ4n) is 2.52. The van der Waals surface area contributed by atoms with E-state index < -0.39 is 0 Å². The van der Waals surface area contributed by atoms with Crippen molar-refractivity contribution in [1.82, 2.24) is 20.3 Å². The van der Waals surface area contributed by atoms with Crippen LogP contribution in [0.4, 0.5) is 15.9 Å². The number of phenolic OH excluding ortho intramolecular Hbond substituents is 1. The fourth-order valence-corrected chi connectivity index (χ4v) is 2.88. The second kappa shape index (κ2) is 7.19. The Morgan fingerprint density at radius 3 is 2.54 bits per heavy atom. The lowest BCUT2D eigenvalue weighted by molar-refractivity contribution is 0.314. The lowest BCUT2D eigenvalue weighted by atomic mass is 10.1. The number of anilines is 2. The Morgan fingerprint density at radius 2 is 1.82 bits per heavy atom. The molecule has 2 aromatic carbocycles. The van der Waals surface area contributed by atoms with Crippen LogP contribution in [0, 0.1) is 5.82 Å². The molecule has 140 valence electrons. The molecule has 11 heteroatoms. The molecule has 0 saturated heterocycles. The van der Waals surface area contributed by atoms with Crippen molar-refractivity contribution in [2.45, 2.75) is 0 Å². The smallest absolute Gasteiger partial charge is 0.245 e. The van der Waals surface area contributed by atoms with E-state index >= 15 is 0 Å². The quantitative estimate of drug-likeness (QED) is 0.248. The molecule has 4 N–H and O–H groups in total. The fraction of sp³-hybridized carbons (Fsp3) is 0. The van der Waals surface area contributed by atoms with E-state index in [0.29, 0.717) is 15.7 Å². The highest BCUT2D eigenvalue weighted by Crippen LogP contribution is 2.28. The normalized spacial score (nSPS) is 11.7. The molecule has 0 aliphatic rings. The van der Waals surface area contributed by atoms with Crippen molar-refractivity contribution in [3.8, 4) is 5.75 Å². The number of fused-ring (bicyclic) bond motifs is 1. The van der Waals surface area contributed by atoms with Crippen molar-refractivity contribution in [3.63, 3.8) is 0 Å². The summed E-state index contributed by atoms with van der Waals surface area (Å²) in [5, 5.41) is 24.4. The van der Waals surface area contributed by atoms with E-state index in [9.17, 15) is 9.50 Å². The maximum Gasteiger partial charge on any atom is 0.245 e. The SMILES string of the molecule is N/N=C(\c1cc(Br)ccc1O)c1nc2nonc2nc1Nc1ccc(F)cc1. The van der Waals surface area contributed by atoms with Gasteiger partial charge in [-0.1, -0.05) is 15.9 Å². The highest BCUT2D eigenvalue weighted by molar-refractivity contribution is 9.10. The number of hydrazone groups is 1. The number of benzene rings is 2. The molecule has 0 atom stereocenters. The van der Waals surface area contributed by atoms with Crippen LogP contribution in [0.2, 0.25) is 0 Å². The first-order valence-corrected chi connectivity index (χ1v) is 8.64. The van der Waals surface area contributed by atoms with Crippen molar-refractivity contribution in [3.05, 3.63) is 64.0 Å². The molecule has 4 aromatic rings. The summed E-state index contributed by atoms with van der Waals surface area (Å²) >= 11 is 3.35. The minimum absolute atomic E-state index is 0.0553. The summed E-state index contributed by atoms with van der Waals surface area (Å²) in [5.41, 5.74) is 1.51. The molecule has 0 amide bonds. The molecule has 2 aromatic heterocycles. The van der Waals surface area contributed by atoms with Gasteiger partial charge < -0.3 is 16.3 Å². The highest BCUT2D eigenvalue weighted by atomic mass is 79.9. The number of aromatic hydroxyl groups is 1. The number of rotatable bonds is 4. The summed E-state index contributed by atoms with van der Waals surface area (Å²) in [5.74, 6) is 5.40. The first kappa shape index (κ1) is 17.8. The van der Waals surface area contributed by atoms with Crippen molar-refractivity contribution < 1.29 is 14.1 Å². The molecule has 0 spiro atoms. The number of hydrogen-bond donors (Lipinski definition) is 3. The van der Waals surface area contributed by atoms with Crippen LogP contribution in [-0.4, -0.2) is 31.1 Å². The van der Waals surface area contributed by atoms with Gasteiger partial charge in [-0.3, -0.25) is 0 Å². The largest absolute Gasteiger partial charge is 0.507 e. The third-order valence-electron chi connectivity index (χ3n) is 3.79. The number of hydrogen-bond acceptors (Lipinski definition) is 9. The van der Waals surface area contributed by atoms with Gasteiger partial charge in [0.1, 0.15) is 23.0 Å². The standard InChI is InChI=1S/C17H11BrFN7O2/c18-8-1-6-12(27)11(7-8)13(24-20)14-15(21-10-4-2-9(19)3-5-10)23-17-16(22-14)25-28-26-17/h1-7,27H,20H2,(H,21,23,26)/b24-13+. The average molecular weight is 444 g/mol. The first-order chi connectivity index (χ1) is 13.5. The summed E-state index contributed by atoms with van der Waals surface area (Å²) in [4.78, 5) is 8.70. The van der Waals surface area contributed by atoms with E-state index in [-0.39, 0.29) is 40.1 Å². The molecule has 0 unspecified atom stereocenters. The number of nitrogens with one attached hydrogen (secondary N) is 1. The van der Waals surface area contributed by atoms with Gasteiger partial charge in [-0.15, -0.1) is 0 Å². The van der Waals surface area contributed by atoms with Gasteiger partial charge in [0.05, 0.1) is 0 Å². The van der Waals surface area contributed by atoms with Gasteiger partial charge >= 0.3 is 0 Å². The molecule has 0 saturated carbocycles. The van der Waals surface area contributed by atoms with Gasteiger partial charge in [0.2, 0.25) is 11.3 Å². The molecule has 4 rings (SSSR count). The van der Waals surface area contributed by atoms with Crippen LogP contribution in [0.5, 0.6) is 5.75 Å². The summed E-state index contributed by atoms with van der Waals surface area (Å²) in [6.45, 7) is 0. The molecule has 0 bridgehead atoms. The van der Waals surface area contributed by atoms with Gasteiger partial charge in [0, 0.05) is 15.7 Å². The Labute approximate surface area is 165 Å². The van der Waals surface area contributed by atoms with Crippen molar-refractivity contribution in [2.75, 3.05) is 5.32 Å². The maximum atomic E-state index is 13.2. The number of halogens is 2. The number of nitrogens with zero attached hydrogens (tertiary/aromatic N) is 5. The molecule has 0 aliphatic heterocycles. The van der Waals surface area contributed by atoms with E-state index in [2.05, 4.69) is 51.3 Å². The topological polar surface area (TPSA) is 135 Å². The van der Waals surface area contributed by atoms with Crippen LogP contribution in [0.1, 0.15) is 11.3 Å². The third kappa shape index (κ3) is 3.34. The Hall–Kier alpha value is -3.60. The van der Waals surface area contributed by atoms with Gasteiger partial charge in [-0.25, -0.2) is 19.0 Å². The molecular weight excluding hydrogens is 433 g/mol. The first-order valence-electron chi connectivity index (χ1n) is 7.85. The molecule has 28 heavy (non-hydrogen) atoms. The van der Waals surface area contributed by atoms with Crippen molar-refractivity contribution in [1.29, 1.82) is 0 Å². The molecule has 0 radical (unpaired) electrons. The molecule has 2 heterocycles. The molecule has 9 nitrogen and oxygen atoms in total. The average Bonchev–Trinajstić information content (AvgIpc) is 3.14. The lowest BCUT2D eigenvalue weighted by Gasteiger charge is -2.12. The molecule has 0 aliphatic carbocycles. The van der Waals surface area contributed by atoms with Crippen LogP contribution in [0.25, 0.3) is 11.3 Å². The maximum absolute atomic E-state index is 13.2. The lowest BCUT2D eigenvalue weighted by Crippen LogP contribution is -2.13. The zero-order valence-corrected chi connectivity index (χ0v) is 15.6. The summed E-state index contributed by atoms with van der Waals surface area (Å²) in [7, 11) is 0. The van der Waals surface area contributed by atoms with E-state index in [4.69, 9.17) is 5.84 Å². The minimum Gasteiger partial charge on any atom is -0.507 e. The van der Waals surface area contributed by atoms with Crippen LogP contribution in [0.3, 0.4) is 0 Å². The predicted octanol–water partition coefficient (Wildman–Crippen LogP) is 3.07. The summed E-state index contributed by atoms with van der Waals surface area (Å²) < 4.78 is 18.6. The second-order valence-electron chi connectivity index (χ2n) is 5.60. The number of aromatic nitrogens is 4. The summed E-state index contributed by atoms with van der Waals surface area (Å²) in [6, 6.07) is 10.4. The third-order valence-corrected chi connectivity index (χ3v) is 4.28. The second-order valence-corrected chi connectivity index (χ2v) is 6.52. The Kier molecular flexibility index (Phi) is 4.57. The van der Waals surface area contributed by atoms with Crippen LogP contribution >= 0.6 is 15.9 Å². The number of phenols is 1.